The Morgan fingerprint density at radius 1 is 1.07 bits per heavy atom. The van der Waals surface area contributed by atoms with Gasteiger partial charge in [-0.15, -0.1) is 0 Å². The van der Waals surface area contributed by atoms with Crippen LogP contribution < -0.4 is 10.5 Å². The molecule has 5 rings (SSSR count). The van der Waals surface area contributed by atoms with Gasteiger partial charge in [-0.1, -0.05) is 39.5 Å². The average Bonchev–Trinajstić information content (AvgIpc) is 2.90. The molecule has 7 N–H and O–H groups in total. The standard InChI is InChI=1S/C33H38N2O9S/c1-16(2)24-27(38)23(30(34)41)28(39)33(42)29(40)25-26(37)22-20(14-31(25,3)15-32(24,33)4)18(10-13-21(22)36)9-6-17-7-11-19(12-8-17)35-45(5,43)44/h7-8,10-13,16,23-25,27,29,35-36,38,40,42H,14-15H2,1-5H3,(H2,34,41)/t23-,24+,25-,27?,29?,31-,32-,33+/m1/s1. The Bertz CT molecular complexity index is 1780. The number of benzene rings is 2. The first-order valence-electron chi connectivity index (χ1n) is 14.7. The number of aromatic hydroxyl groups is 1. The lowest BCUT2D eigenvalue weighted by molar-refractivity contribution is -0.265. The van der Waals surface area contributed by atoms with Crippen LogP contribution in [-0.4, -0.2) is 70.4 Å². The van der Waals surface area contributed by atoms with Gasteiger partial charge in [0.15, 0.2) is 17.2 Å². The number of phenols is 1. The Balaban J connectivity index is 1.61. The zero-order valence-corrected chi connectivity index (χ0v) is 26.5. The van der Waals surface area contributed by atoms with E-state index in [1.165, 1.54) is 6.07 Å². The minimum Gasteiger partial charge on any atom is -0.507 e. The van der Waals surface area contributed by atoms with Gasteiger partial charge in [-0.2, -0.15) is 0 Å². The van der Waals surface area contributed by atoms with E-state index in [0.29, 0.717) is 22.4 Å². The van der Waals surface area contributed by atoms with E-state index in [4.69, 9.17) is 5.73 Å². The molecule has 2 fully saturated rings. The first-order chi connectivity index (χ1) is 20.8. The number of anilines is 1. The number of primary amides is 1. The van der Waals surface area contributed by atoms with Gasteiger partial charge in [-0.05, 0) is 72.1 Å². The lowest BCUT2D eigenvalue weighted by Crippen LogP contribution is -2.79. The Hall–Kier alpha value is -3.76. The van der Waals surface area contributed by atoms with Crippen molar-refractivity contribution in [2.24, 2.45) is 40.2 Å². The minimum absolute atomic E-state index is 0.0257. The number of hydrogen-bond acceptors (Lipinski definition) is 9. The average molecular weight is 639 g/mol. The molecule has 2 unspecified atom stereocenters. The molecule has 2 aromatic carbocycles. The number of fused-ring (bicyclic) bond motifs is 3. The predicted octanol–water partition coefficient (Wildman–Crippen LogP) is 1.34. The van der Waals surface area contributed by atoms with Crippen LogP contribution in [-0.2, 0) is 26.0 Å². The van der Waals surface area contributed by atoms with Crippen molar-refractivity contribution in [3.63, 3.8) is 0 Å². The third-order valence-corrected chi connectivity index (χ3v) is 10.8. The Morgan fingerprint density at radius 3 is 2.24 bits per heavy atom. The molecule has 0 bridgehead atoms. The summed E-state index contributed by atoms with van der Waals surface area (Å²) in [5.41, 5.74) is 2.17. The molecule has 0 aromatic heterocycles. The maximum absolute atomic E-state index is 14.2. The van der Waals surface area contributed by atoms with E-state index < -0.39 is 73.9 Å². The van der Waals surface area contributed by atoms with Crippen molar-refractivity contribution in [1.82, 2.24) is 0 Å². The van der Waals surface area contributed by atoms with Crippen molar-refractivity contribution < 1.29 is 43.2 Å². The summed E-state index contributed by atoms with van der Waals surface area (Å²) in [4.78, 5) is 40.4. The van der Waals surface area contributed by atoms with Crippen molar-refractivity contribution in [1.29, 1.82) is 0 Å². The van der Waals surface area contributed by atoms with E-state index in [-0.39, 0.29) is 30.1 Å². The maximum atomic E-state index is 14.2. The molecule has 240 valence electrons. The van der Waals surface area contributed by atoms with Crippen LogP contribution >= 0.6 is 0 Å². The highest BCUT2D eigenvalue weighted by Crippen LogP contribution is 2.65. The summed E-state index contributed by atoms with van der Waals surface area (Å²) in [6.45, 7) is 6.94. The highest BCUT2D eigenvalue weighted by atomic mass is 32.2. The second kappa shape index (κ2) is 10.7. The van der Waals surface area contributed by atoms with Gasteiger partial charge < -0.3 is 26.2 Å². The van der Waals surface area contributed by atoms with Gasteiger partial charge in [0.1, 0.15) is 17.8 Å². The molecule has 8 atom stereocenters. The van der Waals surface area contributed by atoms with E-state index in [1.54, 1.807) is 58.0 Å². The summed E-state index contributed by atoms with van der Waals surface area (Å²) in [5.74, 6) is -1.49. The minimum atomic E-state index is -3.45. The molecule has 3 aliphatic rings. The first kappa shape index (κ1) is 32.6. The van der Waals surface area contributed by atoms with Crippen molar-refractivity contribution in [2.75, 3.05) is 11.0 Å². The van der Waals surface area contributed by atoms with Gasteiger partial charge in [0.2, 0.25) is 15.9 Å². The van der Waals surface area contributed by atoms with Crippen LogP contribution in [0.4, 0.5) is 5.69 Å². The molecule has 45 heavy (non-hydrogen) atoms. The number of aliphatic hydroxyl groups excluding tert-OH is 2. The van der Waals surface area contributed by atoms with Crippen molar-refractivity contribution in [3.05, 3.63) is 58.7 Å². The molecule has 3 aliphatic carbocycles. The molecule has 2 aromatic rings. The SMILES string of the molecule is CC(C)[C@H]1C(O)[C@@H](C(N)=O)C(=O)[C@]2(O)C(O)[C@H]3C(=O)c4c(O)ccc(C#Cc5ccc(NS(C)(=O)=O)cc5)c4C[C@]3(C)C[C@]12C. The van der Waals surface area contributed by atoms with E-state index >= 15 is 0 Å². The third-order valence-electron chi connectivity index (χ3n) is 10.2. The number of phenolic OH excluding ortho intramolecular Hbond substituents is 1. The summed E-state index contributed by atoms with van der Waals surface area (Å²) in [7, 11) is -3.45. The van der Waals surface area contributed by atoms with Crippen molar-refractivity contribution in [3.8, 4) is 17.6 Å². The summed E-state index contributed by atoms with van der Waals surface area (Å²) in [5, 5.41) is 46.2. The Morgan fingerprint density at radius 2 is 1.69 bits per heavy atom. The fourth-order valence-corrected chi connectivity index (χ4v) is 9.19. The number of nitrogens with one attached hydrogen (secondary N) is 1. The molecular weight excluding hydrogens is 600 g/mol. The Kier molecular flexibility index (Phi) is 7.73. The zero-order chi connectivity index (χ0) is 33.4. The third kappa shape index (κ3) is 4.93. The fourth-order valence-electron chi connectivity index (χ4n) is 8.62. The van der Waals surface area contributed by atoms with E-state index in [9.17, 15) is 43.2 Å². The van der Waals surface area contributed by atoms with Gasteiger partial charge >= 0.3 is 0 Å². The van der Waals surface area contributed by atoms with Gasteiger partial charge in [-0.3, -0.25) is 19.1 Å². The molecule has 0 radical (unpaired) electrons. The maximum Gasteiger partial charge on any atom is 0.230 e. The summed E-state index contributed by atoms with van der Waals surface area (Å²) in [6, 6.07) is 9.28. The van der Waals surface area contributed by atoms with E-state index in [2.05, 4.69) is 16.6 Å². The molecule has 2 saturated carbocycles. The lowest BCUT2D eigenvalue weighted by atomic mass is 9.39. The lowest BCUT2D eigenvalue weighted by Gasteiger charge is -2.66. The molecule has 0 heterocycles. The van der Waals surface area contributed by atoms with Crippen LogP contribution in [0.2, 0.25) is 0 Å². The van der Waals surface area contributed by atoms with Gasteiger partial charge in [0, 0.05) is 22.2 Å². The zero-order valence-electron chi connectivity index (χ0n) is 25.7. The summed E-state index contributed by atoms with van der Waals surface area (Å²) in [6.07, 6.45) is -2.26. The summed E-state index contributed by atoms with van der Waals surface area (Å²) < 4.78 is 25.4. The second-order valence-corrected chi connectivity index (χ2v) is 15.4. The number of rotatable bonds is 4. The highest BCUT2D eigenvalue weighted by molar-refractivity contribution is 7.92. The normalized spacial score (nSPS) is 34.2. The number of nitrogens with two attached hydrogens (primary N) is 1. The number of hydrogen-bond donors (Lipinski definition) is 6. The number of carbonyl (C=O) groups excluding carboxylic acids is 3. The molecule has 0 spiro atoms. The fraction of sp³-hybridized carbons (Fsp3) is 0.485. The second-order valence-electron chi connectivity index (χ2n) is 13.7. The molecule has 11 nitrogen and oxygen atoms in total. The number of aliphatic hydroxyl groups is 3. The quantitative estimate of drug-likeness (QED) is 0.211. The smallest absolute Gasteiger partial charge is 0.230 e. The van der Waals surface area contributed by atoms with Gasteiger partial charge in [0.25, 0.3) is 0 Å². The van der Waals surface area contributed by atoms with E-state index in [0.717, 1.165) is 6.26 Å². The van der Waals surface area contributed by atoms with Crippen LogP contribution in [0.5, 0.6) is 5.75 Å². The van der Waals surface area contributed by atoms with Crippen LogP contribution in [0.15, 0.2) is 36.4 Å². The number of carbonyl (C=O) groups is 3. The number of ketones is 2. The van der Waals surface area contributed by atoms with Crippen LogP contribution in [0.25, 0.3) is 0 Å². The number of amides is 1. The first-order valence-corrected chi connectivity index (χ1v) is 16.6. The van der Waals surface area contributed by atoms with E-state index in [1.807, 2.05) is 0 Å². The number of sulfonamides is 1. The van der Waals surface area contributed by atoms with Gasteiger partial charge in [-0.25, -0.2) is 8.42 Å². The largest absolute Gasteiger partial charge is 0.507 e. The molecular formula is C33H38N2O9S. The summed E-state index contributed by atoms with van der Waals surface area (Å²) >= 11 is 0. The molecule has 0 aliphatic heterocycles. The van der Waals surface area contributed by atoms with Crippen LogP contribution in [0.3, 0.4) is 0 Å². The monoisotopic (exact) mass is 638 g/mol. The Labute approximate surface area is 261 Å². The number of Topliss-reactive ketones (excluding diaryl/α,β-unsaturated/α-hetero) is 2. The molecule has 12 heteroatoms. The predicted molar refractivity (Wildman–Crippen MR) is 164 cm³/mol. The molecule has 1 amide bonds. The van der Waals surface area contributed by atoms with Crippen molar-refractivity contribution >= 4 is 33.2 Å². The molecule has 0 saturated heterocycles. The van der Waals surface area contributed by atoms with Crippen molar-refractivity contribution in [2.45, 2.75) is 58.3 Å². The van der Waals surface area contributed by atoms with Gasteiger partial charge in [0.05, 0.1) is 23.8 Å². The van der Waals surface area contributed by atoms with Crippen LogP contribution in [0.1, 0.15) is 61.2 Å². The highest BCUT2D eigenvalue weighted by Gasteiger charge is 2.75. The topological polar surface area (TPSA) is 204 Å². The van der Waals surface area contributed by atoms with Crippen LogP contribution in [0, 0.1) is 46.3 Å².